The first-order valence-corrected chi connectivity index (χ1v) is 18.1. The largest absolute Gasteiger partial charge is 0.496 e. The van der Waals surface area contributed by atoms with Crippen molar-refractivity contribution >= 4 is 23.3 Å². The molecule has 0 saturated carbocycles. The number of carbonyl (C=O) groups excluding carboxylic acids is 1. The van der Waals surface area contributed by atoms with E-state index in [1.807, 2.05) is 42.5 Å². The van der Waals surface area contributed by atoms with Crippen LogP contribution in [0.4, 0.5) is 19.0 Å². The second-order valence-corrected chi connectivity index (χ2v) is 13.9. The lowest BCUT2D eigenvalue weighted by molar-refractivity contribution is -0.137. The number of rotatable bonds is 14. The van der Waals surface area contributed by atoms with Gasteiger partial charge in [0.2, 0.25) is 11.8 Å². The number of hydrogen-bond donors (Lipinski definition) is 5. The smallest absolute Gasteiger partial charge is 0.419 e. The normalized spacial score (nSPS) is 17.6. The number of anilines is 1. The van der Waals surface area contributed by atoms with Crippen LogP contribution in [-0.2, 0) is 30.5 Å². The average Bonchev–Trinajstić information content (AvgIpc) is 3.56. The number of ether oxygens (including phenoxy) is 2. The van der Waals surface area contributed by atoms with Crippen molar-refractivity contribution < 1.29 is 32.5 Å². The van der Waals surface area contributed by atoms with Gasteiger partial charge in [-0.2, -0.15) is 18.2 Å². The van der Waals surface area contributed by atoms with Crippen molar-refractivity contribution in [1.82, 2.24) is 25.9 Å². The Morgan fingerprint density at radius 1 is 1.02 bits per heavy atom. The number of aromatic nitrogens is 2. The van der Waals surface area contributed by atoms with Crippen molar-refractivity contribution in [2.75, 3.05) is 32.6 Å². The molecule has 53 heavy (non-hydrogen) atoms. The van der Waals surface area contributed by atoms with Crippen molar-refractivity contribution in [1.29, 1.82) is 0 Å². The van der Waals surface area contributed by atoms with Crippen molar-refractivity contribution in [3.63, 3.8) is 0 Å². The van der Waals surface area contributed by atoms with E-state index in [9.17, 15) is 23.1 Å². The molecule has 2 aromatic carbocycles. The Balaban J connectivity index is 1.27. The molecule has 1 aliphatic carbocycles. The Morgan fingerprint density at radius 3 is 2.55 bits per heavy atom. The molecule has 1 unspecified atom stereocenters. The molecule has 4 aromatic rings. The number of amides is 1. The van der Waals surface area contributed by atoms with Crippen LogP contribution in [0, 0.1) is 0 Å². The summed E-state index contributed by atoms with van der Waals surface area (Å²) in [7, 11) is 2.98. The van der Waals surface area contributed by atoms with Gasteiger partial charge < -0.3 is 35.8 Å². The first kappa shape index (κ1) is 38.3. The molecule has 10 nitrogen and oxygen atoms in total. The van der Waals surface area contributed by atoms with Crippen LogP contribution >= 0.6 is 11.6 Å². The Kier molecular flexibility index (Phi) is 12.1. The van der Waals surface area contributed by atoms with E-state index in [-0.39, 0.29) is 42.3 Å². The molecule has 2 aromatic heterocycles. The van der Waals surface area contributed by atoms with Crippen LogP contribution in [-0.4, -0.2) is 60.4 Å². The topological polar surface area (TPSA) is 130 Å². The van der Waals surface area contributed by atoms with Crippen LogP contribution in [0.2, 0.25) is 5.02 Å². The highest BCUT2D eigenvalue weighted by atomic mass is 35.5. The second kappa shape index (κ2) is 16.7. The summed E-state index contributed by atoms with van der Waals surface area (Å²) >= 11 is 7.13. The molecule has 282 valence electrons. The van der Waals surface area contributed by atoms with Crippen LogP contribution in [0.3, 0.4) is 0 Å². The van der Waals surface area contributed by atoms with Gasteiger partial charge in [0.25, 0.3) is 0 Å². The van der Waals surface area contributed by atoms with Crippen molar-refractivity contribution in [2.24, 2.45) is 0 Å². The van der Waals surface area contributed by atoms with Gasteiger partial charge in [-0.15, -0.1) is 0 Å². The molecular formula is C39H44ClF3N6O4. The van der Waals surface area contributed by atoms with Gasteiger partial charge in [0.05, 0.1) is 42.6 Å². The van der Waals surface area contributed by atoms with Crippen LogP contribution in [0.15, 0.2) is 54.7 Å². The summed E-state index contributed by atoms with van der Waals surface area (Å²) < 4.78 is 54.5. The summed E-state index contributed by atoms with van der Waals surface area (Å²) in [5.41, 5.74) is 5.16. The maximum absolute atomic E-state index is 14.4. The molecule has 2 aliphatic rings. The molecular weight excluding hydrogens is 709 g/mol. The van der Waals surface area contributed by atoms with E-state index in [2.05, 4.69) is 31.2 Å². The van der Waals surface area contributed by atoms with Gasteiger partial charge in [-0.3, -0.25) is 9.78 Å². The Hall–Kier alpha value is -4.43. The highest BCUT2D eigenvalue weighted by Crippen LogP contribution is 2.44. The molecule has 1 saturated heterocycles. The third-order valence-electron chi connectivity index (χ3n) is 9.66. The van der Waals surface area contributed by atoms with E-state index in [1.54, 1.807) is 20.2 Å². The summed E-state index contributed by atoms with van der Waals surface area (Å²) in [6, 6.07) is 14.2. The summed E-state index contributed by atoms with van der Waals surface area (Å²) in [5.74, 6) is 0.516. The number of aliphatic hydroxyl groups is 1. The Bertz CT molecular complexity index is 1940. The Morgan fingerprint density at radius 2 is 1.83 bits per heavy atom. The van der Waals surface area contributed by atoms with E-state index in [4.69, 9.17) is 21.1 Å². The maximum Gasteiger partial charge on any atom is 0.419 e. The van der Waals surface area contributed by atoms with E-state index in [1.165, 1.54) is 7.11 Å². The van der Waals surface area contributed by atoms with Crippen LogP contribution in [0.1, 0.15) is 66.5 Å². The number of nitrogens with zero attached hydrogens (tertiary/aromatic N) is 2. The van der Waals surface area contributed by atoms with Gasteiger partial charge in [-0.25, -0.2) is 0 Å². The monoisotopic (exact) mass is 752 g/mol. The van der Waals surface area contributed by atoms with Crippen LogP contribution < -0.4 is 30.7 Å². The highest BCUT2D eigenvalue weighted by molar-refractivity contribution is 6.35. The summed E-state index contributed by atoms with van der Waals surface area (Å²) in [5, 5.41) is 22.4. The van der Waals surface area contributed by atoms with Gasteiger partial charge in [-0.1, -0.05) is 41.9 Å². The zero-order chi connectivity index (χ0) is 37.7. The molecule has 1 aliphatic heterocycles. The molecule has 1 amide bonds. The molecule has 6 rings (SSSR count). The number of pyridine rings is 2. The number of carbonyl (C=O) groups is 1. The molecule has 1 fully saturated rings. The average molecular weight is 753 g/mol. The Labute approximate surface area is 311 Å². The van der Waals surface area contributed by atoms with Crippen molar-refractivity contribution in [3.05, 3.63) is 87.6 Å². The van der Waals surface area contributed by atoms with Crippen LogP contribution in [0.5, 0.6) is 11.6 Å². The predicted octanol–water partition coefficient (Wildman–Crippen LogP) is 6.83. The minimum Gasteiger partial charge on any atom is -0.496 e. The standard InChI is InChI=1S/C39H44ClF3N6O4/c1-22(50)18-44-20-25-16-31(39(41,42)43)37(49-38(25)53-3)48-32-9-5-7-27-28(6-4-8-29(27)32)30-14-15-46-36(35(30)40)23-10-11-24(33(17-23)52-2)19-45-21-26-12-13-34(51)47-26/h4,6,8,10-11,14-17,22,26,32,44-45,50H,5,7,9,12-13,18-21H2,1-3H3,(H,47,51)(H,48,49)/t22?,26-,32-/m1/s1. The molecule has 3 heterocycles. The van der Waals surface area contributed by atoms with Gasteiger partial charge >= 0.3 is 6.18 Å². The molecule has 0 bridgehead atoms. The molecule has 14 heteroatoms. The third-order valence-corrected chi connectivity index (χ3v) is 10.0. The summed E-state index contributed by atoms with van der Waals surface area (Å²) in [4.78, 5) is 20.5. The lowest BCUT2D eigenvalue weighted by Gasteiger charge is -2.30. The third kappa shape index (κ3) is 8.86. The fraction of sp³-hybridized carbons (Fsp3) is 0.410. The lowest BCUT2D eigenvalue weighted by atomic mass is 9.83. The number of alkyl halides is 3. The summed E-state index contributed by atoms with van der Waals surface area (Å²) in [6.07, 6.45) is -0.218. The summed E-state index contributed by atoms with van der Waals surface area (Å²) in [6.45, 7) is 3.06. The first-order chi connectivity index (χ1) is 25.5. The number of nitrogens with one attached hydrogen (secondary N) is 4. The van der Waals surface area contributed by atoms with Gasteiger partial charge in [0.15, 0.2) is 0 Å². The predicted molar refractivity (Wildman–Crippen MR) is 198 cm³/mol. The second-order valence-electron chi connectivity index (χ2n) is 13.5. The highest BCUT2D eigenvalue weighted by Gasteiger charge is 2.37. The number of hydrogen-bond acceptors (Lipinski definition) is 9. The lowest BCUT2D eigenvalue weighted by Crippen LogP contribution is -2.35. The van der Waals surface area contributed by atoms with Crippen molar-refractivity contribution in [3.8, 4) is 34.0 Å². The minimum absolute atomic E-state index is 0.0468. The SMILES string of the molecule is COc1cc(-c2nccc(-c3cccc4c3CCC[C@H]4Nc3nc(OC)c(CNCC(C)O)cc3C(F)(F)F)c2Cl)ccc1CNC[C@H]1CCC(=O)N1. The van der Waals surface area contributed by atoms with E-state index < -0.39 is 23.9 Å². The van der Waals surface area contributed by atoms with Gasteiger partial charge in [-0.05, 0) is 67.5 Å². The van der Waals surface area contributed by atoms with E-state index in [0.717, 1.165) is 52.3 Å². The number of benzene rings is 2. The fourth-order valence-electron chi connectivity index (χ4n) is 7.10. The molecule has 0 radical (unpaired) electrons. The maximum atomic E-state index is 14.4. The zero-order valence-corrected chi connectivity index (χ0v) is 30.6. The number of aliphatic hydroxyl groups excluding tert-OH is 1. The molecule has 3 atom stereocenters. The molecule has 0 spiro atoms. The number of fused-ring (bicyclic) bond motifs is 1. The zero-order valence-electron chi connectivity index (χ0n) is 29.9. The fourth-order valence-corrected chi connectivity index (χ4v) is 7.42. The van der Waals surface area contributed by atoms with Crippen molar-refractivity contribution in [2.45, 2.75) is 76.5 Å². The molecule has 5 N–H and O–H groups in total. The quantitative estimate of drug-likeness (QED) is 0.0942. The minimum atomic E-state index is -4.67. The first-order valence-electron chi connectivity index (χ1n) is 17.7. The number of methoxy groups -OCH3 is 2. The number of halogens is 4. The van der Waals surface area contributed by atoms with E-state index in [0.29, 0.717) is 48.8 Å². The van der Waals surface area contributed by atoms with Gasteiger partial charge in [0, 0.05) is 67.1 Å². The van der Waals surface area contributed by atoms with Gasteiger partial charge in [0.1, 0.15) is 11.6 Å². The van der Waals surface area contributed by atoms with Crippen LogP contribution in [0.25, 0.3) is 22.4 Å². The van der Waals surface area contributed by atoms with E-state index >= 15 is 0 Å².